The number of amides is 1. The van der Waals surface area contributed by atoms with Crippen molar-refractivity contribution in [1.29, 1.82) is 5.26 Å². The first-order valence-corrected chi connectivity index (χ1v) is 6.96. The average Bonchev–Trinajstić information content (AvgIpc) is 2.41. The molecular formula is C16H23N3O2. The predicted octanol–water partition coefficient (Wildman–Crippen LogP) is 2.15. The van der Waals surface area contributed by atoms with Crippen molar-refractivity contribution in [3.8, 4) is 11.8 Å². The van der Waals surface area contributed by atoms with Gasteiger partial charge in [0.15, 0.2) is 6.61 Å². The van der Waals surface area contributed by atoms with Crippen LogP contribution in [-0.4, -0.2) is 24.6 Å². The van der Waals surface area contributed by atoms with Gasteiger partial charge in [-0.3, -0.25) is 4.79 Å². The van der Waals surface area contributed by atoms with Gasteiger partial charge in [-0.15, -0.1) is 0 Å². The van der Waals surface area contributed by atoms with Crippen LogP contribution in [0.3, 0.4) is 0 Å². The number of nitriles is 1. The standard InChI is InChI=1S/C16H23N3O2/c1-12(18-11-15(20)19-16(2,3)4)13-5-7-14(8-6-13)21-10-9-17/h5-8,12,18H,10-11H2,1-4H3,(H,19,20). The number of hydrogen-bond acceptors (Lipinski definition) is 4. The molecule has 0 aromatic heterocycles. The molecule has 114 valence electrons. The Bertz CT molecular complexity index is 498. The molecule has 0 bridgehead atoms. The number of hydrogen-bond donors (Lipinski definition) is 2. The van der Waals surface area contributed by atoms with Crippen molar-refractivity contribution < 1.29 is 9.53 Å². The summed E-state index contributed by atoms with van der Waals surface area (Å²) in [4.78, 5) is 11.7. The van der Waals surface area contributed by atoms with E-state index in [2.05, 4.69) is 10.6 Å². The molecule has 0 aliphatic carbocycles. The minimum Gasteiger partial charge on any atom is -0.479 e. The van der Waals surface area contributed by atoms with Gasteiger partial charge in [-0.05, 0) is 45.4 Å². The van der Waals surface area contributed by atoms with Crippen LogP contribution in [0, 0.1) is 11.3 Å². The Morgan fingerprint density at radius 2 is 1.95 bits per heavy atom. The lowest BCUT2D eigenvalue weighted by molar-refractivity contribution is -0.121. The lowest BCUT2D eigenvalue weighted by Gasteiger charge is -2.21. The minimum absolute atomic E-state index is 0.0247. The van der Waals surface area contributed by atoms with Gasteiger partial charge in [0.2, 0.25) is 5.91 Å². The number of carbonyl (C=O) groups is 1. The van der Waals surface area contributed by atoms with Crippen molar-refractivity contribution in [2.45, 2.75) is 39.3 Å². The molecule has 2 N–H and O–H groups in total. The topological polar surface area (TPSA) is 74.2 Å². The van der Waals surface area contributed by atoms with Crippen molar-refractivity contribution in [1.82, 2.24) is 10.6 Å². The highest BCUT2D eigenvalue weighted by Crippen LogP contribution is 2.17. The average molecular weight is 289 g/mol. The summed E-state index contributed by atoms with van der Waals surface area (Å²) >= 11 is 0. The molecule has 1 aromatic carbocycles. The van der Waals surface area contributed by atoms with Gasteiger partial charge in [-0.25, -0.2) is 0 Å². The van der Waals surface area contributed by atoms with E-state index in [1.165, 1.54) is 0 Å². The first kappa shape index (κ1) is 17.0. The fraction of sp³-hybridized carbons (Fsp3) is 0.500. The molecule has 0 saturated carbocycles. The van der Waals surface area contributed by atoms with Gasteiger partial charge in [0, 0.05) is 11.6 Å². The number of nitrogens with one attached hydrogen (secondary N) is 2. The first-order chi connectivity index (χ1) is 9.81. The maximum absolute atomic E-state index is 11.7. The summed E-state index contributed by atoms with van der Waals surface area (Å²) in [6.07, 6.45) is 0. The molecule has 0 aliphatic heterocycles. The van der Waals surface area contributed by atoms with E-state index in [0.717, 1.165) is 5.56 Å². The number of benzene rings is 1. The van der Waals surface area contributed by atoms with Crippen LogP contribution < -0.4 is 15.4 Å². The molecular weight excluding hydrogens is 266 g/mol. The van der Waals surface area contributed by atoms with Crippen molar-refractivity contribution in [2.24, 2.45) is 0 Å². The third-order valence-corrected chi connectivity index (χ3v) is 2.77. The Morgan fingerprint density at radius 1 is 1.33 bits per heavy atom. The quantitative estimate of drug-likeness (QED) is 0.841. The molecule has 0 heterocycles. The van der Waals surface area contributed by atoms with Crippen LogP contribution in [0.2, 0.25) is 0 Å². The van der Waals surface area contributed by atoms with Gasteiger partial charge < -0.3 is 15.4 Å². The summed E-state index contributed by atoms with van der Waals surface area (Å²) in [7, 11) is 0. The van der Waals surface area contributed by atoms with Gasteiger partial charge in [0.25, 0.3) is 0 Å². The van der Waals surface area contributed by atoms with Crippen molar-refractivity contribution in [3.63, 3.8) is 0 Å². The van der Waals surface area contributed by atoms with Crippen LogP contribution in [0.1, 0.15) is 39.3 Å². The van der Waals surface area contributed by atoms with Crippen LogP contribution in [0.15, 0.2) is 24.3 Å². The van der Waals surface area contributed by atoms with E-state index in [1.807, 2.05) is 58.0 Å². The summed E-state index contributed by atoms with van der Waals surface area (Å²) in [5.41, 5.74) is 0.838. The highest BCUT2D eigenvalue weighted by Gasteiger charge is 2.14. The summed E-state index contributed by atoms with van der Waals surface area (Å²) in [5, 5.41) is 14.5. The molecule has 1 aromatic rings. The van der Waals surface area contributed by atoms with E-state index in [4.69, 9.17) is 10.00 Å². The molecule has 0 saturated heterocycles. The second-order valence-corrected chi connectivity index (χ2v) is 5.92. The molecule has 1 amide bonds. The van der Waals surface area contributed by atoms with E-state index >= 15 is 0 Å². The predicted molar refractivity (Wildman–Crippen MR) is 81.9 cm³/mol. The van der Waals surface area contributed by atoms with Gasteiger partial charge in [-0.1, -0.05) is 12.1 Å². The lowest BCUT2D eigenvalue weighted by atomic mass is 10.1. The maximum Gasteiger partial charge on any atom is 0.234 e. The zero-order valence-corrected chi connectivity index (χ0v) is 13.1. The van der Waals surface area contributed by atoms with Crippen LogP contribution in [0.25, 0.3) is 0 Å². The molecule has 5 nitrogen and oxygen atoms in total. The lowest BCUT2D eigenvalue weighted by Crippen LogP contribution is -2.45. The Balaban J connectivity index is 2.47. The minimum atomic E-state index is -0.221. The van der Waals surface area contributed by atoms with Crippen LogP contribution in [0.4, 0.5) is 0 Å². The number of carbonyl (C=O) groups excluding carboxylic acids is 1. The summed E-state index contributed by atoms with van der Waals surface area (Å²) in [6.45, 7) is 8.16. The van der Waals surface area contributed by atoms with Gasteiger partial charge in [0.05, 0.1) is 6.54 Å². The third-order valence-electron chi connectivity index (χ3n) is 2.77. The molecule has 5 heteroatoms. The van der Waals surface area contributed by atoms with Crippen LogP contribution in [0.5, 0.6) is 5.75 Å². The van der Waals surface area contributed by atoms with Gasteiger partial charge in [0.1, 0.15) is 11.8 Å². The fourth-order valence-electron chi connectivity index (χ4n) is 1.79. The monoisotopic (exact) mass is 289 g/mol. The molecule has 1 rings (SSSR count). The molecule has 0 fully saturated rings. The normalized spacial score (nSPS) is 12.3. The summed E-state index contributed by atoms with van der Waals surface area (Å²) in [6, 6.07) is 9.47. The van der Waals surface area contributed by atoms with E-state index in [9.17, 15) is 4.79 Å². The molecule has 1 atom stereocenters. The smallest absolute Gasteiger partial charge is 0.234 e. The van der Waals surface area contributed by atoms with Crippen LogP contribution >= 0.6 is 0 Å². The van der Waals surface area contributed by atoms with Crippen molar-refractivity contribution in [2.75, 3.05) is 13.2 Å². The zero-order chi connectivity index (χ0) is 15.9. The third kappa shape index (κ3) is 6.77. The number of rotatable bonds is 6. The van der Waals surface area contributed by atoms with E-state index in [-0.39, 0.29) is 30.6 Å². The SMILES string of the molecule is CC(NCC(=O)NC(C)(C)C)c1ccc(OCC#N)cc1. The second-order valence-electron chi connectivity index (χ2n) is 5.92. The second kappa shape index (κ2) is 7.65. The van der Waals surface area contributed by atoms with E-state index in [0.29, 0.717) is 5.75 Å². The molecule has 0 radical (unpaired) electrons. The molecule has 0 spiro atoms. The molecule has 21 heavy (non-hydrogen) atoms. The van der Waals surface area contributed by atoms with Gasteiger partial charge in [-0.2, -0.15) is 5.26 Å². The largest absolute Gasteiger partial charge is 0.479 e. The highest BCUT2D eigenvalue weighted by molar-refractivity contribution is 5.78. The Hall–Kier alpha value is -2.06. The first-order valence-electron chi connectivity index (χ1n) is 6.96. The molecule has 1 unspecified atom stereocenters. The maximum atomic E-state index is 11.7. The summed E-state index contributed by atoms with van der Waals surface area (Å²) in [5.74, 6) is 0.640. The zero-order valence-electron chi connectivity index (χ0n) is 13.1. The molecule has 0 aliphatic rings. The fourth-order valence-corrected chi connectivity index (χ4v) is 1.79. The van der Waals surface area contributed by atoms with E-state index < -0.39 is 0 Å². The number of nitrogens with zero attached hydrogens (tertiary/aromatic N) is 1. The Kier molecular flexibility index (Phi) is 6.19. The van der Waals surface area contributed by atoms with Crippen molar-refractivity contribution in [3.05, 3.63) is 29.8 Å². The van der Waals surface area contributed by atoms with Crippen molar-refractivity contribution >= 4 is 5.91 Å². The summed E-state index contributed by atoms with van der Waals surface area (Å²) < 4.78 is 5.20. The van der Waals surface area contributed by atoms with Crippen LogP contribution in [-0.2, 0) is 4.79 Å². The van der Waals surface area contributed by atoms with E-state index in [1.54, 1.807) is 0 Å². The Labute approximate surface area is 126 Å². The van der Waals surface area contributed by atoms with Gasteiger partial charge >= 0.3 is 0 Å². The highest BCUT2D eigenvalue weighted by atomic mass is 16.5. The number of ether oxygens (including phenoxy) is 1. The Morgan fingerprint density at radius 3 is 2.48 bits per heavy atom.